The highest BCUT2D eigenvalue weighted by molar-refractivity contribution is 7.86. The Morgan fingerprint density at radius 3 is 0.714 bits per heavy atom. The lowest BCUT2D eigenvalue weighted by atomic mass is 11.0. The van der Waals surface area contributed by atoms with Gasteiger partial charge in [0.15, 0.2) is 0 Å². The molecule has 0 aromatic rings. The van der Waals surface area contributed by atoms with E-state index in [1.807, 2.05) is 0 Å². The van der Waals surface area contributed by atoms with E-state index in [1.165, 1.54) is 0 Å². The van der Waals surface area contributed by atoms with E-state index >= 15 is 0 Å². The third-order valence-electron chi connectivity index (χ3n) is 1.38. The summed E-state index contributed by atoms with van der Waals surface area (Å²) in [5.41, 5.74) is 0. The molecule has 0 aliphatic carbocycles. The zero-order valence-corrected chi connectivity index (χ0v) is 9.47. The van der Waals surface area contributed by atoms with Crippen LogP contribution in [-0.4, -0.2) is 42.2 Å². The van der Waals surface area contributed by atoms with Gasteiger partial charge in [0.1, 0.15) is 0 Å². The van der Waals surface area contributed by atoms with Crippen LogP contribution < -0.4 is 0 Å². The molecule has 0 saturated heterocycles. The van der Waals surface area contributed by atoms with E-state index in [1.54, 1.807) is 0 Å². The molecular weight excluding hydrogens is 368 g/mol. The molecule has 0 spiro atoms. The van der Waals surface area contributed by atoms with E-state index in [0.717, 1.165) is 0 Å². The van der Waals surface area contributed by atoms with Crippen molar-refractivity contribution < 1.29 is 61.1 Å². The number of hydrogen-bond donors (Lipinski definition) is 0. The molecule has 128 valence electrons. The zero-order valence-electron chi connectivity index (χ0n) is 8.65. The minimum Gasteiger partial charge on any atom is -0.194 e. The summed E-state index contributed by atoms with van der Waals surface area (Å²) in [5.74, 6) is 0. The average molecular weight is 368 g/mol. The Morgan fingerprint density at radius 1 is 0.476 bits per heavy atom. The van der Waals surface area contributed by atoms with Crippen molar-refractivity contribution in [3.8, 4) is 0 Å². The van der Waals surface area contributed by atoms with Crippen molar-refractivity contribution in [2.75, 3.05) is 0 Å². The standard InChI is InChI=1S/C4F12N2O2S/c5-1(6,7)17(2(8,9)10)21(19,20)18(3(11,12)13)4(14,15)16. The highest BCUT2D eigenvalue weighted by atomic mass is 32.2. The van der Waals surface area contributed by atoms with Crippen molar-refractivity contribution in [3.05, 3.63) is 0 Å². The van der Waals surface area contributed by atoms with Crippen LogP contribution in [-0.2, 0) is 10.2 Å². The molecule has 0 aromatic carbocycles. The van der Waals surface area contributed by atoms with Gasteiger partial charge in [-0.15, -0.1) is 0 Å². The van der Waals surface area contributed by atoms with Crippen LogP contribution in [0.25, 0.3) is 0 Å². The van der Waals surface area contributed by atoms with E-state index < -0.39 is 44.0 Å². The van der Waals surface area contributed by atoms with Crippen molar-refractivity contribution in [2.45, 2.75) is 25.2 Å². The predicted octanol–water partition coefficient (Wildman–Crippen LogP) is 2.91. The van der Waals surface area contributed by atoms with Gasteiger partial charge in [0.25, 0.3) is 0 Å². The van der Waals surface area contributed by atoms with Gasteiger partial charge in [-0.05, 0) is 0 Å². The Bertz CT molecular complexity index is 401. The highest BCUT2D eigenvalue weighted by Gasteiger charge is 2.71. The average Bonchev–Trinajstić information content (AvgIpc) is 1.84. The molecule has 17 heteroatoms. The zero-order chi connectivity index (χ0) is 17.7. The molecule has 0 saturated carbocycles. The number of hydrogen-bond acceptors (Lipinski definition) is 2. The van der Waals surface area contributed by atoms with E-state index in [0.29, 0.717) is 0 Å². The fraction of sp³-hybridized carbons (Fsp3) is 1.00. The van der Waals surface area contributed by atoms with Gasteiger partial charge in [-0.1, -0.05) is 0 Å². The molecule has 0 aliphatic heterocycles. The molecule has 4 nitrogen and oxygen atoms in total. The first-order valence-corrected chi connectivity index (χ1v) is 5.26. The van der Waals surface area contributed by atoms with Gasteiger partial charge < -0.3 is 0 Å². The van der Waals surface area contributed by atoms with Gasteiger partial charge in [-0.2, -0.15) is 61.1 Å². The minimum atomic E-state index is -8.13. The molecule has 0 rings (SSSR count). The molecule has 0 heterocycles. The SMILES string of the molecule is O=S(=O)(N(C(F)(F)F)C(F)(F)F)N(C(F)(F)F)C(F)(F)F. The Morgan fingerprint density at radius 2 is 0.619 bits per heavy atom. The Balaban J connectivity index is 6.37. The molecule has 0 amide bonds. The largest absolute Gasteiger partial charge is 0.481 e. The maximum absolute atomic E-state index is 11.9. The fourth-order valence-electron chi connectivity index (χ4n) is 0.892. The molecular formula is C4F12N2O2S. The van der Waals surface area contributed by atoms with E-state index in [4.69, 9.17) is 0 Å². The highest BCUT2D eigenvalue weighted by Crippen LogP contribution is 2.44. The molecule has 0 unspecified atom stereocenters. The number of alkyl halides is 12. The van der Waals surface area contributed by atoms with Crippen LogP contribution >= 0.6 is 0 Å². The molecule has 21 heavy (non-hydrogen) atoms. The third kappa shape index (κ3) is 4.50. The summed E-state index contributed by atoms with van der Waals surface area (Å²) in [6.07, 6.45) is -28.5. The van der Waals surface area contributed by atoms with Crippen molar-refractivity contribution in [2.24, 2.45) is 0 Å². The Kier molecular flexibility index (Phi) is 4.81. The summed E-state index contributed by atoms with van der Waals surface area (Å²) >= 11 is 0. The lowest BCUT2D eigenvalue weighted by Gasteiger charge is -2.32. The van der Waals surface area contributed by atoms with Gasteiger partial charge in [0.2, 0.25) is 0 Å². The second-order valence-electron chi connectivity index (χ2n) is 2.91. The Hall–Kier alpha value is -0.970. The van der Waals surface area contributed by atoms with Crippen molar-refractivity contribution in [1.82, 2.24) is 8.61 Å². The monoisotopic (exact) mass is 368 g/mol. The number of rotatable bonds is 2. The van der Waals surface area contributed by atoms with Crippen LogP contribution in [0, 0.1) is 0 Å². The van der Waals surface area contributed by atoms with Gasteiger partial charge in [-0.3, -0.25) is 0 Å². The smallest absolute Gasteiger partial charge is 0.194 e. The molecule has 0 atom stereocenters. The number of nitrogens with zero attached hydrogens (tertiary/aromatic N) is 2. The van der Waals surface area contributed by atoms with Crippen LogP contribution in [0.2, 0.25) is 0 Å². The van der Waals surface area contributed by atoms with Crippen molar-refractivity contribution in [3.63, 3.8) is 0 Å². The van der Waals surface area contributed by atoms with E-state index in [2.05, 4.69) is 0 Å². The Labute approximate surface area is 106 Å². The molecule has 0 fully saturated rings. The van der Waals surface area contributed by atoms with Crippen LogP contribution in [0.15, 0.2) is 0 Å². The minimum absolute atomic E-state index is 3.81. The maximum Gasteiger partial charge on any atom is 0.481 e. The summed E-state index contributed by atoms with van der Waals surface area (Å²) in [5, 5.41) is 0. The summed E-state index contributed by atoms with van der Waals surface area (Å²) in [6, 6.07) is 0. The predicted molar refractivity (Wildman–Crippen MR) is 36.8 cm³/mol. The first-order valence-electron chi connectivity index (χ1n) is 3.86. The fourth-order valence-corrected chi connectivity index (χ4v) is 2.10. The van der Waals surface area contributed by atoms with Gasteiger partial charge in [0.05, 0.1) is 0 Å². The van der Waals surface area contributed by atoms with Gasteiger partial charge in [0, 0.05) is 8.61 Å². The summed E-state index contributed by atoms with van der Waals surface area (Å²) in [6.45, 7) is 0. The lowest BCUT2D eigenvalue weighted by molar-refractivity contribution is -0.356. The summed E-state index contributed by atoms with van der Waals surface area (Å²) in [7, 11) is -8.13. The number of halogens is 12. The first-order chi connectivity index (χ1) is 8.73. The summed E-state index contributed by atoms with van der Waals surface area (Å²) in [4.78, 5) is 0. The molecule has 0 radical (unpaired) electrons. The van der Waals surface area contributed by atoms with Gasteiger partial charge >= 0.3 is 35.4 Å². The van der Waals surface area contributed by atoms with Crippen LogP contribution in [0.1, 0.15) is 0 Å². The first kappa shape index (κ1) is 20.0. The van der Waals surface area contributed by atoms with Crippen LogP contribution in [0.3, 0.4) is 0 Å². The second-order valence-corrected chi connectivity index (χ2v) is 4.53. The molecule has 0 aromatic heterocycles. The van der Waals surface area contributed by atoms with Crippen LogP contribution in [0.5, 0.6) is 0 Å². The third-order valence-corrected chi connectivity index (χ3v) is 3.13. The lowest BCUT2D eigenvalue weighted by Crippen LogP contribution is -2.62. The van der Waals surface area contributed by atoms with Gasteiger partial charge in [-0.25, -0.2) is 0 Å². The topological polar surface area (TPSA) is 40.6 Å². The maximum atomic E-state index is 11.9. The molecule has 0 N–H and O–H groups in total. The van der Waals surface area contributed by atoms with Crippen molar-refractivity contribution >= 4 is 10.2 Å². The summed E-state index contributed by atoms with van der Waals surface area (Å²) < 4.78 is 157. The second kappa shape index (κ2) is 5.04. The van der Waals surface area contributed by atoms with E-state index in [-0.39, 0.29) is 0 Å². The van der Waals surface area contributed by atoms with Crippen molar-refractivity contribution in [1.29, 1.82) is 0 Å². The quantitative estimate of drug-likeness (QED) is 0.556. The normalized spacial score (nSPS) is 15.9. The van der Waals surface area contributed by atoms with Crippen LogP contribution in [0.4, 0.5) is 52.7 Å². The molecule has 0 aliphatic rings. The van der Waals surface area contributed by atoms with E-state index in [9.17, 15) is 61.1 Å². The molecule has 0 bridgehead atoms.